The molecule has 0 spiro atoms. The molecule has 0 aliphatic rings. The number of ether oxygens (including phenoxy) is 1. The summed E-state index contributed by atoms with van der Waals surface area (Å²) in [6.45, 7) is 3.98. The van der Waals surface area contributed by atoms with Crippen LogP contribution in [0, 0.1) is 0 Å². The first-order valence-corrected chi connectivity index (χ1v) is 5.84. The molecule has 1 amide bonds. The van der Waals surface area contributed by atoms with Crippen molar-refractivity contribution in [3.05, 3.63) is 23.8 Å². The predicted octanol–water partition coefficient (Wildman–Crippen LogP) is 1.17. The molecule has 104 valence electrons. The van der Waals surface area contributed by atoms with E-state index in [1.165, 1.54) is 0 Å². The van der Waals surface area contributed by atoms with Gasteiger partial charge in [-0.1, -0.05) is 13.8 Å². The topological polar surface area (TPSA) is 102 Å². The predicted molar refractivity (Wildman–Crippen MR) is 71.3 cm³/mol. The zero-order chi connectivity index (χ0) is 14.6. The summed E-state index contributed by atoms with van der Waals surface area (Å²) in [4.78, 5) is 22.1. The molecule has 0 aromatic heterocycles. The van der Waals surface area contributed by atoms with E-state index in [1.807, 2.05) is 13.8 Å². The number of benzene rings is 1. The second-order valence-corrected chi connectivity index (χ2v) is 4.42. The number of nitrogens with two attached hydrogens (primary N) is 1. The summed E-state index contributed by atoms with van der Waals surface area (Å²) in [7, 11) is 1.57. The lowest BCUT2D eigenvalue weighted by atomic mass is 10.0. The van der Waals surface area contributed by atoms with Gasteiger partial charge in [0.05, 0.1) is 7.11 Å². The normalized spacial score (nSPS) is 12.1. The van der Waals surface area contributed by atoms with Crippen molar-refractivity contribution in [1.29, 1.82) is 0 Å². The van der Waals surface area contributed by atoms with Crippen LogP contribution in [0.25, 0.3) is 0 Å². The second kappa shape index (κ2) is 6.19. The highest BCUT2D eigenvalue weighted by atomic mass is 16.5. The summed E-state index contributed by atoms with van der Waals surface area (Å²) in [5.41, 5.74) is 6.64. The van der Waals surface area contributed by atoms with Gasteiger partial charge < -0.3 is 20.9 Å². The summed E-state index contributed by atoms with van der Waals surface area (Å²) >= 11 is 0. The van der Waals surface area contributed by atoms with E-state index in [0.29, 0.717) is 5.69 Å². The van der Waals surface area contributed by atoms with Gasteiger partial charge in [0.2, 0.25) is 0 Å². The first kappa shape index (κ1) is 15.0. The van der Waals surface area contributed by atoms with Gasteiger partial charge >= 0.3 is 5.97 Å². The van der Waals surface area contributed by atoms with Gasteiger partial charge in [-0.3, -0.25) is 4.79 Å². The average Bonchev–Trinajstić information content (AvgIpc) is 2.37. The molecule has 1 aromatic rings. The van der Waals surface area contributed by atoms with Crippen LogP contribution in [0.15, 0.2) is 18.2 Å². The van der Waals surface area contributed by atoms with Crippen LogP contribution in [0.2, 0.25) is 0 Å². The third-order valence-electron chi connectivity index (χ3n) is 2.67. The van der Waals surface area contributed by atoms with E-state index < -0.39 is 17.9 Å². The quantitative estimate of drug-likeness (QED) is 0.694. The number of amides is 1. The fourth-order valence-electron chi connectivity index (χ4n) is 1.60. The van der Waals surface area contributed by atoms with Crippen molar-refractivity contribution in [3.63, 3.8) is 0 Å². The Morgan fingerprint density at radius 2 is 2.00 bits per heavy atom. The third-order valence-corrected chi connectivity index (χ3v) is 2.67. The molecule has 1 rings (SSSR count). The van der Waals surface area contributed by atoms with Gasteiger partial charge in [-0.25, -0.2) is 4.79 Å². The molecular weight excluding hydrogens is 248 g/mol. The number of carboxylic acid groups (broad SMARTS) is 1. The molecule has 4 N–H and O–H groups in total. The molecule has 6 nitrogen and oxygen atoms in total. The maximum Gasteiger partial charge on any atom is 0.330 e. The van der Waals surface area contributed by atoms with Gasteiger partial charge in [-0.2, -0.15) is 0 Å². The highest BCUT2D eigenvalue weighted by molar-refractivity contribution is 6.07. The number of aliphatic carboxylic acids is 1. The number of hydrogen-bond donors (Lipinski definition) is 3. The summed E-state index contributed by atoms with van der Waals surface area (Å²) in [6.07, 6.45) is 0. The number of hydrogen-bond acceptors (Lipinski definition) is 4. The number of methoxy groups -OCH3 is 1. The molecule has 1 unspecified atom stereocenters. The Morgan fingerprint density at radius 3 is 2.47 bits per heavy atom. The Labute approximate surface area is 111 Å². The summed E-state index contributed by atoms with van der Waals surface area (Å²) in [5.74, 6) is -1.20. The van der Waals surface area contributed by atoms with E-state index in [4.69, 9.17) is 15.6 Å². The highest BCUT2D eigenvalue weighted by Gasteiger charge is 2.21. The average molecular weight is 266 g/mol. The Bertz CT molecular complexity index is 486. The lowest BCUT2D eigenvalue weighted by molar-refractivity contribution is -0.141. The monoisotopic (exact) mass is 266 g/mol. The summed E-state index contributed by atoms with van der Waals surface area (Å²) < 4.78 is 5.22. The van der Waals surface area contributed by atoms with Crippen LogP contribution in [0.3, 0.4) is 0 Å². The molecule has 0 saturated heterocycles. The maximum absolute atomic E-state index is 11.5. The number of nitrogens with one attached hydrogen (secondary N) is 1. The standard InChI is InChI=1S/C13H18N2O4/c1-7(2)9-6-8(4-5-10(9)19-3)15-12(16)11(14)13(17)18/h4-7,11H,14H2,1-3H3,(H,15,16)(H,17,18). The summed E-state index contributed by atoms with van der Waals surface area (Å²) in [5, 5.41) is 11.1. The van der Waals surface area contributed by atoms with Gasteiger partial charge in [0, 0.05) is 5.69 Å². The maximum atomic E-state index is 11.5. The minimum Gasteiger partial charge on any atom is -0.496 e. The number of carbonyl (C=O) groups is 2. The van der Waals surface area contributed by atoms with Gasteiger partial charge in [-0.05, 0) is 29.7 Å². The smallest absolute Gasteiger partial charge is 0.330 e. The van der Waals surface area contributed by atoms with Crippen molar-refractivity contribution in [2.45, 2.75) is 25.8 Å². The Morgan fingerprint density at radius 1 is 1.37 bits per heavy atom. The number of carbonyl (C=O) groups excluding carboxylic acids is 1. The third kappa shape index (κ3) is 3.69. The van der Waals surface area contributed by atoms with Crippen molar-refractivity contribution >= 4 is 17.6 Å². The van der Waals surface area contributed by atoms with E-state index in [-0.39, 0.29) is 5.92 Å². The first-order valence-electron chi connectivity index (χ1n) is 5.84. The van der Waals surface area contributed by atoms with E-state index in [1.54, 1.807) is 25.3 Å². The van der Waals surface area contributed by atoms with Crippen molar-refractivity contribution in [2.75, 3.05) is 12.4 Å². The van der Waals surface area contributed by atoms with E-state index in [9.17, 15) is 9.59 Å². The van der Waals surface area contributed by atoms with Crippen molar-refractivity contribution in [1.82, 2.24) is 0 Å². The van der Waals surface area contributed by atoms with Crippen LogP contribution in [0.4, 0.5) is 5.69 Å². The molecule has 1 atom stereocenters. The molecule has 0 radical (unpaired) electrons. The number of rotatable bonds is 5. The largest absolute Gasteiger partial charge is 0.496 e. The van der Waals surface area contributed by atoms with Gasteiger partial charge in [-0.15, -0.1) is 0 Å². The molecule has 6 heteroatoms. The molecule has 0 aliphatic carbocycles. The molecule has 0 aliphatic heterocycles. The SMILES string of the molecule is COc1ccc(NC(=O)C(N)C(=O)O)cc1C(C)C. The Balaban J connectivity index is 2.94. The minimum absolute atomic E-state index is 0.208. The molecule has 0 saturated carbocycles. The molecule has 0 fully saturated rings. The van der Waals surface area contributed by atoms with Crippen molar-refractivity contribution < 1.29 is 19.4 Å². The van der Waals surface area contributed by atoms with Gasteiger partial charge in [0.15, 0.2) is 6.04 Å². The van der Waals surface area contributed by atoms with Crippen LogP contribution in [-0.2, 0) is 9.59 Å². The molecule has 1 aromatic carbocycles. The van der Waals surface area contributed by atoms with Crippen molar-refractivity contribution in [2.24, 2.45) is 5.73 Å². The van der Waals surface area contributed by atoms with Gasteiger partial charge in [0.25, 0.3) is 5.91 Å². The van der Waals surface area contributed by atoms with Crippen molar-refractivity contribution in [3.8, 4) is 5.75 Å². The fourth-order valence-corrected chi connectivity index (χ4v) is 1.60. The zero-order valence-electron chi connectivity index (χ0n) is 11.1. The summed E-state index contributed by atoms with van der Waals surface area (Å²) in [6, 6.07) is 3.52. The minimum atomic E-state index is -1.58. The second-order valence-electron chi connectivity index (χ2n) is 4.42. The van der Waals surface area contributed by atoms with E-state index >= 15 is 0 Å². The molecule has 0 bridgehead atoms. The van der Waals surface area contributed by atoms with Crippen LogP contribution >= 0.6 is 0 Å². The van der Waals surface area contributed by atoms with Crippen LogP contribution in [0.1, 0.15) is 25.3 Å². The lowest BCUT2D eigenvalue weighted by Gasteiger charge is -2.14. The Hall–Kier alpha value is -2.08. The molecule has 19 heavy (non-hydrogen) atoms. The number of anilines is 1. The van der Waals surface area contributed by atoms with Crippen LogP contribution in [0.5, 0.6) is 5.75 Å². The zero-order valence-corrected chi connectivity index (χ0v) is 11.1. The van der Waals surface area contributed by atoms with E-state index in [2.05, 4.69) is 5.32 Å². The number of carboxylic acids is 1. The van der Waals surface area contributed by atoms with Crippen LogP contribution < -0.4 is 15.8 Å². The van der Waals surface area contributed by atoms with Gasteiger partial charge in [0.1, 0.15) is 5.75 Å². The molecular formula is C13H18N2O4. The lowest BCUT2D eigenvalue weighted by Crippen LogP contribution is -2.42. The fraction of sp³-hybridized carbons (Fsp3) is 0.385. The first-order chi connectivity index (χ1) is 8.86. The van der Waals surface area contributed by atoms with Crippen LogP contribution in [-0.4, -0.2) is 30.1 Å². The highest BCUT2D eigenvalue weighted by Crippen LogP contribution is 2.29. The Kier molecular flexibility index (Phi) is 4.88. The molecule has 0 heterocycles. The van der Waals surface area contributed by atoms with E-state index in [0.717, 1.165) is 11.3 Å².